The zero-order valence-electron chi connectivity index (χ0n) is 20.5. The van der Waals surface area contributed by atoms with Crippen molar-refractivity contribution in [2.75, 3.05) is 49.2 Å². The van der Waals surface area contributed by atoms with E-state index in [2.05, 4.69) is 30.8 Å². The minimum Gasteiger partial charge on any atom is -0.497 e. The van der Waals surface area contributed by atoms with Gasteiger partial charge in [0, 0.05) is 37.0 Å². The van der Waals surface area contributed by atoms with E-state index in [1.807, 2.05) is 61.5 Å². The number of rotatable bonds is 11. The Balaban J connectivity index is 1.46. The Hall–Kier alpha value is -3.65. The number of aromatic nitrogens is 2. The van der Waals surface area contributed by atoms with Gasteiger partial charge >= 0.3 is 0 Å². The second-order valence-corrected chi connectivity index (χ2v) is 8.81. The third kappa shape index (κ3) is 7.16. The molecule has 1 aromatic heterocycles. The van der Waals surface area contributed by atoms with Gasteiger partial charge in [-0.2, -0.15) is 4.98 Å². The summed E-state index contributed by atoms with van der Waals surface area (Å²) in [5, 5.41) is 9.71. The van der Waals surface area contributed by atoms with Crippen LogP contribution in [0, 0.1) is 6.92 Å². The van der Waals surface area contributed by atoms with Gasteiger partial charge in [0.2, 0.25) is 11.9 Å². The number of methoxy groups -OCH3 is 1. The number of benzene rings is 2. The minimum absolute atomic E-state index is 0.138. The van der Waals surface area contributed by atoms with E-state index in [0.717, 1.165) is 43.1 Å². The van der Waals surface area contributed by atoms with E-state index in [0.29, 0.717) is 23.9 Å². The van der Waals surface area contributed by atoms with E-state index in [1.54, 1.807) is 13.3 Å². The first-order valence-corrected chi connectivity index (χ1v) is 12.2. The van der Waals surface area contributed by atoms with Crippen molar-refractivity contribution < 1.29 is 9.53 Å². The topological polar surface area (TPSA) is 91.4 Å². The predicted octanol–water partition coefficient (Wildman–Crippen LogP) is 3.96. The number of amides is 1. The van der Waals surface area contributed by atoms with E-state index in [4.69, 9.17) is 4.74 Å². The molecule has 0 bridgehead atoms. The summed E-state index contributed by atoms with van der Waals surface area (Å²) in [7, 11) is 1.62. The Bertz CT molecular complexity index is 1080. The van der Waals surface area contributed by atoms with Gasteiger partial charge in [-0.05, 0) is 62.7 Å². The quantitative estimate of drug-likeness (QED) is 0.387. The summed E-state index contributed by atoms with van der Waals surface area (Å²) >= 11 is 0. The molecule has 3 N–H and O–H groups in total. The van der Waals surface area contributed by atoms with Gasteiger partial charge in [0.1, 0.15) is 17.6 Å². The summed E-state index contributed by atoms with van der Waals surface area (Å²) in [6.07, 6.45) is 4.85. The number of aryl methyl sites for hydroxylation is 1. The normalized spacial score (nSPS) is 14.3. The van der Waals surface area contributed by atoms with Crippen LogP contribution in [0.1, 0.15) is 24.0 Å². The molecule has 184 valence electrons. The lowest BCUT2D eigenvalue weighted by molar-refractivity contribution is -0.116. The fourth-order valence-electron chi connectivity index (χ4n) is 4.13. The van der Waals surface area contributed by atoms with Crippen LogP contribution in [-0.2, 0) is 11.2 Å². The molecule has 35 heavy (non-hydrogen) atoms. The number of carbonyl (C=O) groups is 1. The number of nitrogens with zero attached hydrogens (tertiary/aromatic N) is 3. The number of hydrogen-bond donors (Lipinski definition) is 3. The van der Waals surface area contributed by atoms with Crippen molar-refractivity contribution in [3.05, 3.63) is 71.9 Å². The highest BCUT2D eigenvalue weighted by Gasteiger charge is 2.21. The van der Waals surface area contributed by atoms with Crippen LogP contribution < -0.4 is 20.7 Å². The van der Waals surface area contributed by atoms with Crippen LogP contribution >= 0.6 is 0 Å². The van der Waals surface area contributed by atoms with Gasteiger partial charge in [0.05, 0.1) is 7.11 Å². The molecule has 8 heteroatoms. The van der Waals surface area contributed by atoms with Crippen molar-refractivity contribution in [3.63, 3.8) is 0 Å². The van der Waals surface area contributed by atoms with Gasteiger partial charge in [0.15, 0.2) is 0 Å². The smallest absolute Gasteiger partial charge is 0.247 e. The van der Waals surface area contributed by atoms with Crippen LogP contribution in [0.25, 0.3) is 0 Å². The largest absolute Gasteiger partial charge is 0.497 e. The Morgan fingerprint density at radius 3 is 2.54 bits per heavy atom. The molecule has 2 aromatic carbocycles. The molecular weight excluding hydrogens is 440 g/mol. The molecule has 3 aromatic rings. The third-order valence-corrected chi connectivity index (χ3v) is 6.15. The highest BCUT2D eigenvalue weighted by molar-refractivity contribution is 5.96. The zero-order valence-corrected chi connectivity index (χ0v) is 20.5. The van der Waals surface area contributed by atoms with Crippen LogP contribution in [0.4, 0.5) is 17.5 Å². The van der Waals surface area contributed by atoms with Gasteiger partial charge in [-0.3, -0.25) is 4.79 Å². The number of likely N-dealkylation sites (tertiary alicyclic amines) is 1. The molecule has 8 nitrogen and oxygen atoms in total. The van der Waals surface area contributed by atoms with Crippen LogP contribution in [0.5, 0.6) is 5.75 Å². The highest BCUT2D eigenvalue weighted by Crippen LogP contribution is 2.19. The van der Waals surface area contributed by atoms with Crippen molar-refractivity contribution >= 4 is 23.4 Å². The van der Waals surface area contributed by atoms with E-state index in [-0.39, 0.29) is 5.91 Å². The highest BCUT2D eigenvalue weighted by atomic mass is 16.5. The van der Waals surface area contributed by atoms with Gasteiger partial charge in [-0.25, -0.2) is 4.98 Å². The first-order valence-electron chi connectivity index (χ1n) is 12.2. The van der Waals surface area contributed by atoms with E-state index in [9.17, 15) is 4.79 Å². The number of nitrogens with one attached hydrogen (secondary N) is 3. The Morgan fingerprint density at radius 2 is 1.83 bits per heavy atom. The molecule has 0 unspecified atom stereocenters. The Kier molecular flexibility index (Phi) is 8.51. The maximum absolute atomic E-state index is 13.3. The molecule has 1 aliphatic rings. The Labute approximate surface area is 207 Å². The predicted molar refractivity (Wildman–Crippen MR) is 140 cm³/mol. The molecule has 0 spiro atoms. The average molecular weight is 475 g/mol. The first kappa shape index (κ1) is 24.5. The summed E-state index contributed by atoms with van der Waals surface area (Å²) in [6, 6.07) is 16.7. The fourth-order valence-corrected chi connectivity index (χ4v) is 4.13. The molecule has 1 atom stereocenters. The van der Waals surface area contributed by atoms with Crippen molar-refractivity contribution in [2.45, 2.75) is 32.2 Å². The van der Waals surface area contributed by atoms with Crippen LogP contribution in [0.2, 0.25) is 0 Å². The van der Waals surface area contributed by atoms with Crippen molar-refractivity contribution in [2.24, 2.45) is 0 Å². The maximum atomic E-state index is 13.3. The molecule has 0 aliphatic carbocycles. The molecule has 1 saturated heterocycles. The van der Waals surface area contributed by atoms with Gasteiger partial charge in [-0.1, -0.05) is 30.3 Å². The lowest BCUT2D eigenvalue weighted by Crippen LogP contribution is -2.37. The van der Waals surface area contributed by atoms with Crippen molar-refractivity contribution in [1.82, 2.24) is 14.9 Å². The lowest BCUT2D eigenvalue weighted by Gasteiger charge is -2.21. The molecule has 2 heterocycles. The second kappa shape index (κ2) is 12.2. The average Bonchev–Trinajstić information content (AvgIpc) is 3.40. The van der Waals surface area contributed by atoms with Crippen molar-refractivity contribution in [1.29, 1.82) is 0 Å². The molecule has 1 aliphatic heterocycles. The van der Waals surface area contributed by atoms with E-state index in [1.165, 1.54) is 12.8 Å². The number of ether oxygens (including phenoxy) is 1. The second-order valence-electron chi connectivity index (χ2n) is 8.81. The van der Waals surface area contributed by atoms with Crippen LogP contribution in [0.3, 0.4) is 0 Å². The Morgan fingerprint density at radius 1 is 1.09 bits per heavy atom. The van der Waals surface area contributed by atoms with E-state index < -0.39 is 6.04 Å². The first-order chi connectivity index (χ1) is 17.1. The summed E-state index contributed by atoms with van der Waals surface area (Å²) in [5.74, 6) is 1.81. The van der Waals surface area contributed by atoms with Gasteiger partial charge < -0.3 is 25.6 Å². The van der Waals surface area contributed by atoms with Gasteiger partial charge in [0.25, 0.3) is 0 Å². The number of hydrogen-bond acceptors (Lipinski definition) is 7. The number of carbonyl (C=O) groups excluding carboxylic acids is 1. The van der Waals surface area contributed by atoms with Crippen LogP contribution in [-0.4, -0.2) is 60.1 Å². The van der Waals surface area contributed by atoms with Crippen LogP contribution in [0.15, 0.2) is 60.8 Å². The molecule has 0 saturated carbocycles. The molecule has 1 amide bonds. The minimum atomic E-state index is -0.523. The molecular formula is C27H34N6O2. The van der Waals surface area contributed by atoms with Gasteiger partial charge in [-0.15, -0.1) is 0 Å². The summed E-state index contributed by atoms with van der Waals surface area (Å²) < 4.78 is 5.21. The lowest BCUT2D eigenvalue weighted by atomic mass is 10.0. The molecule has 1 fully saturated rings. The summed E-state index contributed by atoms with van der Waals surface area (Å²) in [5.41, 5.74) is 2.65. The summed E-state index contributed by atoms with van der Waals surface area (Å²) in [4.78, 5) is 24.9. The van der Waals surface area contributed by atoms with E-state index >= 15 is 0 Å². The molecule has 4 rings (SSSR count). The standard InChI is InChI=1S/C27H34N6O2/c1-20-19-29-27(28-14-17-33-15-6-7-16-33)32-25(20)31-24(18-21-8-4-3-5-9-21)26(34)30-22-10-12-23(35-2)13-11-22/h3-5,8-13,19,24H,6-7,14-18H2,1-2H3,(H,30,34)(H2,28,29,31,32)/t24-/m0/s1. The maximum Gasteiger partial charge on any atom is 0.247 e. The number of anilines is 3. The zero-order chi connectivity index (χ0) is 24.5. The molecule has 0 radical (unpaired) electrons. The fraction of sp³-hybridized carbons (Fsp3) is 0.370. The third-order valence-electron chi connectivity index (χ3n) is 6.15. The summed E-state index contributed by atoms with van der Waals surface area (Å²) in [6.45, 7) is 6.02. The van der Waals surface area contributed by atoms with Crippen molar-refractivity contribution in [3.8, 4) is 5.75 Å². The monoisotopic (exact) mass is 474 g/mol. The SMILES string of the molecule is COc1ccc(NC(=O)[C@H](Cc2ccccc2)Nc2nc(NCCN3CCCC3)ncc2C)cc1.